The van der Waals surface area contributed by atoms with Gasteiger partial charge in [-0.1, -0.05) is 57.2 Å². The Morgan fingerprint density at radius 3 is 2.52 bits per heavy atom. The van der Waals surface area contributed by atoms with Gasteiger partial charge in [0.15, 0.2) is 0 Å². The van der Waals surface area contributed by atoms with Gasteiger partial charge in [-0.3, -0.25) is 19.2 Å². The van der Waals surface area contributed by atoms with E-state index < -0.39 is 5.54 Å². The number of hydrogen-bond donors (Lipinski definition) is 1. The molecule has 0 spiro atoms. The molecule has 7 heteroatoms. The van der Waals surface area contributed by atoms with Crippen molar-refractivity contribution in [1.82, 2.24) is 15.1 Å². The van der Waals surface area contributed by atoms with Gasteiger partial charge in [0.1, 0.15) is 17.0 Å². The monoisotopic (exact) mass is 446 g/mol. The number of ether oxygens (including phenoxy) is 1. The largest absolute Gasteiger partial charge is 0.497 e. The third kappa shape index (κ3) is 4.23. The summed E-state index contributed by atoms with van der Waals surface area (Å²) in [6, 6.07) is 18.8. The molecule has 0 radical (unpaired) electrons. The van der Waals surface area contributed by atoms with Gasteiger partial charge in [-0.15, -0.1) is 0 Å². The van der Waals surface area contributed by atoms with Crippen LogP contribution < -0.4 is 15.0 Å². The van der Waals surface area contributed by atoms with E-state index in [4.69, 9.17) is 9.84 Å². The number of hydrogen-bond acceptors (Lipinski definition) is 4. The smallest absolute Gasteiger partial charge is 0.277 e. The molecule has 1 atom stereocenters. The molecular formula is C26H30N4O3. The lowest BCUT2D eigenvalue weighted by Gasteiger charge is -2.43. The summed E-state index contributed by atoms with van der Waals surface area (Å²) in [7, 11) is 1.58. The van der Waals surface area contributed by atoms with Crippen LogP contribution in [0.3, 0.4) is 0 Å². The fraction of sp³-hybridized carbons (Fsp3) is 0.346. The number of carbonyl (C=O) groups excluding carboxylic acids is 2. The first kappa shape index (κ1) is 22.6. The number of carbonyl (C=O) groups is 2. The van der Waals surface area contributed by atoms with E-state index in [2.05, 4.69) is 26.1 Å². The number of fused-ring (bicyclic) bond motifs is 1. The van der Waals surface area contributed by atoms with Gasteiger partial charge < -0.3 is 10.1 Å². The van der Waals surface area contributed by atoms with Crippen molar-refractivity contribution in [3.05, 3.63) is 77.6 Å². The first-order valence-corrected chi connectivity index (χ1v) is 11.0. The molecule has 0 saturated heterocycles. The number of benzene rings is 2. The van der Waals surface area contributed by atoms with E-state index in [0.717, 1.165) is 11.3 Å². The van der Waals surface area contributed by atoms with Gasteiger partial charge in [-0.25, -0.2) is 0 Å². The molecule has 1 aromatic heterocycles. The highest BCUT2D eigenvalue weighted by Crippen LogP contribution is 2.35. The summed E-state index contributed by atoms with van der Waals surface area (Å²) >= 11 is 0. The summed E-state index contributed by atoms with van der Waals surface area (Å²) in [5, 5.41) is 7.72. The molecule has 0 aliphatic carbocycles. The van der Waals surface area contributed by atoms with E-state index >= 15 is 0 Å². The highest BCUT2D eigenvalue weighted by Gasteiger charge is 2.49. The zero-order chi connectivity index (χ0) is 23.8. The normalized spacial score (nSPS) is 18.1. The van der Waals surface area contributed by atoms with Gasteiger partial charge in [0.05, 0.1) is 19.3 Å². The van der Waals surface area contributed by atoms with Crippen LogP contribution in [0.25, 0.3) is 0 Å². The molecule has 0 fully saturated rings. The lowest BCUT2D eigenvalue weighted by atomic mass is 9.91. The minimum atomic E-state index is -1.19. The third-order valence-corrected chi connectivity index (χ3v) is 6.02. The highest BCUT2D eigenvalue weighted by molar-refractivity contribution is 6.11. The number of anilines is 1. The average molecular weight is 447 g/mol. The molecule has 2 heterocycles. The summed E-state index contributed by atoms with van der Waals surface area (Å²) in [6.45, 7) is 8.55. The Labute approximate surface area is 194 Å². The van der Waals surface area contributed by atoms with Crippen molar-refractivity contribution in [1.29, 1.82) is 0 Å². The second kappa shape index (κ2) is 8.39. The molecule has 33 heavy (non-hydrogen) atoms. The summed E-state index contributed by atoms with van der Waals surface area (Å²) < 4.78 is 7.05. The van der Waals surface area contributed by atoms with Crippen molar-refractivity contribution in [2.45, 2.75) is 51.7 Å². The maximum atomic E-state index is 13.8. The van der Waals surface area contributed by atoms with Crippen molar-refractivity contribution in [3.63, 3.8) is 0 Å². The summed E-state index contributed by atoms with van der Waals surface area (Å²) in [5.74, 6) is 0.0950. The Hall–Kier alpha value is -3.61. The van der Waals surface area contributed by atoms with Crippen LogP contribution in [0, 0.1) is 0 Å². The van der Waals surface area contributed by atoms with Crippen molar-refractivity contribution >= 4 is 17.5 Å². The quantitative estimate of drug-likeness (QED) is 0.644. The zero-order valence-corrected chi connectivity index (χ0v) is 19.8. The van der Waals surface area contributed by atoms with Crippen molar-refractivity contribution in [2.24, 2.45) is 0 Å². The van der Waals surface area contributed by atoms with E-state index in [1.807, 2.05) is 54.6 Å². The zero-order valence-electron chi connectivity index (χ0n) is 19.8. The van der Waals surface area contributed by atoms with Crippen LogP contribution in [0.5, 0.6) is 5.75 Å². The maximum absolute atomic E-state index is 13.8. The molecule has 0 bridgehead atoms. The van der Waals surface area contributed by atoms with Crippen LogP contribution in [0.4, 0.5) is 5.69 Å². The molecule has 172 valence electrons. The molecule has 1 unspecified atom stereocenters. The Kier molecular flexibility index (Phi) is 5.74. The molecule has 0 saturated carbocycles. The number of rotatable bonds is 5. The SMILES string of the molecule is COc1cccc(N2C(=O)c3cc(C(C)(C)C)nn3CC2(C)C(=O)NCc2ccccc2)c1. The number of methoxy groups -OCH3 is 1. The molecule has 4 rings (SSSR count). The standard InChI is InChI=1S/C26H30N4O3/c1-25(2,3)22-15-21-23(31)30(19-12-9-13-20(14-19)33-5)26(4,17-29(21)28-22)24(32)27-16-18-10-7-6-8-11-18/h6-15H,16-17H2,1-5H3,(H,27,32). The van der Waals surface area contributed by atoms with Gasteiger partial charge in [-0.05, 0) is 30.7 Å². The lowest BCUT2D eigenvalue weighted by Crippen LogP contribution is -2.64. The van der Waals surface area contributed by atoms with Gasteiger partial charge in [0.2, 0.25) is 5.91 Å². The fourth-order valence-electron chi connectivity index (χ4n) is 4.07. The van der Waals surface area contributed by atoms with Crippen LogP contribution in [-0.4, -0.2) is 34.2 Å². The first-order valence-electron chi connectivity index (χ1n) is 11.0. The van der Waals surface area contributed by atoms with Crippen molar-refractivity contribution in [2.75, 3.05) is 12.0 Å². The van der Waals surface area contributed by atoms with Crippen LogP contribution >= 0.6 is 0 Å². The fourth-order valence-corrected chi connectivity index (χ4v) is 4.07. The van der Waals surface area contributed by atoms with Gasteiger partial charge in [0.25, 0.3) is 5.91 Å². The third-order valence-electron chi connectivity index (χ3n) is 6.02. The molecular weight excluding hydrogens is 416 g/mol. The summed E-state index contributed by atoms with van der Waals surface area (Å²) in [5.41, 5.74) is 1.45. The molecule has 7 nitrogen and oxygen atoms in total. The van der Waals surface area contributed by atoms with Crippen LogP contribution in [0.1, 0.15) is 49.4 Å². The van der Waals surface area contributed by atoms with Gasteiger partial charge in [0, 0.05) is 23.7 Å². The number of aromatic nitrogens is 2. The van der Waals surface area contributed by atoms with Gasteiger partial charge >= 0.3 is 0 Å². The van der Waals surface area contributed by atoms with E-state index in [1.165, 1.54) is 0 Å². The van der Waals surface area contributed by atoms with Gasteiger partial charge in [-0.2, -0.15) is 5.10 Å². The van der Waals surface area contributed by atoms with Crippen molar-refractivity contribution < 1.29 is 14.3 Å². The van der Waals surface area contributed by atoms with Crippen LogP contribution in [0.2, 0.25) is 0 Å². The second-order valence-corrected chi connectivity index (χ2v) is 9.61. The highest BCUT2D eigenvalue weighted by atomic mass is 16.5. The number of nitrogens with zero attached hydrogens (tertiary/aromatic N) is 3. The van der Waals surface area contributed by atoms with E-state index in [-0.39, 0.29) is 23.8 Å². The van der Waals surface area contributed by atoms with E-state index in [0.29, 0.717) is 23.7 Å². The Morgan fingerprint density at radius 2 is 1.85 bits per heavy atom. The summed E-state index contributed by atoms with van der Waals surface area (Å²) in [4.78, 5) is 29.0. The molecule has 3 aromatic rings. The Morgan fingerprint density at radius 1 is 1.12 bits per heavy atom. The number of nitrogens with one attached hydrogen (secondary N) is 1. The lowest BCUT2D eigenvalue weighted by molar-refractivity contribution is -0.126. The minimum absolute atomic E-state index is 0.225. The maximum Gasteiger partial charge on any atom is 0.277 e. The molecule has 1 aliphatic rings. The molecule has 2 amide bonds. The number of amides is 2. The predicted octanol–water partition coefficient (Wildman–Crippen LogP) is 3.92. The Bertz CT molecular complexity index is 1180. The van der Waals surface area contributed by atoms with E-state index in [1.54, 1.807) is 29.7 Å². The van der Waals surface area contributed by atoms with Crippen LogP contribution in [0.15, 0.2) is 60.7 Å². The molecule has 1 N–H and O–H groups in total. The second-order valence-electron chi connectivity index (χ2n) is 9.61. The predicted molar refractivity (Wildman–Crippen MR) is 127 cm³/mol. The topological polar surface area (TPSA) is 76.5 Å². The van der Waals surface area contributed by atoms with Crippen molar-refractivity contribution in [3.8, 4) is 5.75 Å². The summed E-state index contributed by atoms with van der Waals surface area (Å²) in [6.07, 6.45) is 0. The Balaban J connectivity index is 1.76. The first-order chi connectivity index (χ1) is 15.6. The minimum Gasteiger partial charge on any atom is -0.497 e. The van der Waals surface area contributed by atoms with Crippen LogP contribution in [-0.2, 0) is 23.3 Å². The molecule has 2 aromatic carbocycles. The molecule has 1 aliphatic heterocycles. The van der Waals surface area contributed by atoms with E-state index in [9.17, 15) is 9.59 Å². The average Bonchev–Trinajstić information content (AvgIpc) is 3.23.